The number of piperidine rings is 1. The fourth-order valence-corrected chi connectivity index (χ4v) is 4.41. The summed E-state index contributed by atoms with van der Waals surface area (Å²) in [7, 11) is -3.13. The van der Waals surface area contributed by atoms with Crippen molar-refractivity contribution in [2.75, 3.05) is 37.3 Å². The second-order valence-corrected chi connectivity index (χ2v) is 8.92. The number of carbonyl (C=O) groups is 1. The minimum Gasteiger partial charge on any atom is -0.297 e. The van der Waals surface area contributed by atoms with Gasteiger partial charge in [0.25, 0.3) is 0 Å². The summed E-state index contributed by atoms with van der Waals surface area (Å²) in [6.07, 6.45) is 3.29. The first-order valence-corrected chi connectivity index (χ1v) is 10.9. The highest BCUT2D eigenvalue weighted by Crippen LogP contribution is 2.23. The number of hydrogen-bond donors (Lipinski definition) is 1. The molecule has 0 unspecified atom stereocenters. The molecular weight excluding hydrogens is 348 g/mol. The molecule has 0 radical (unpaired) electrons. The predicted molar refractivity (Wildman–Crippen MR) is 96.7 cm³/mol. The van der Waals surface area contributed by atoms with E-state index in [2.05, 4.69) is 14.6 Å². The number of likely N-dealkylation sites (tertiary alicyclic amines) is 1. The summed E-state index contributed by atoms with van der Waals surface area (Å²) in [6.45, 7) is 7.19. The number of hydrogen-bond acceptors (Lipinski definition) is 6. The van der Waals surface area contributed by atoms with E-state index in [1.807, 2.05) is 12.3 Å². The first-order valence-electron chi connectivity index (χ1n) is 8.18. The van der Waals surface area contributed by atoms with E-state index in [9.17, 15) is 13.2 Å². The van der Waals surface area contributed by atoms with Crippen molar-refractivity contribution in [2.45, 2.75) is 33.2 Å². The zero-order chi connectivity index (χ0) is 17.7. The Balaban J connectivity index is 1.91. The van der Waals surface area contributed by atoms with Gasteiger partial charge < -0.3 is 0 Å². The van der Waals surface area contributed by atoms with E-state index in [1.165, 1.54) is 17.6 Å². The van der Waals surface area contributed by atoms with Crippen LogP contribution in [0, 0.1) is 5.92 Å². The summed E-state index contributed by atoms with van der Waals surface area (Å²) >= 11 is 1.49. The van der Waals surface area contributed by atoms with Crippen LogP contribution in [0.25, 0.3) is 0 Å². The molecule has 2 rings (SSSR count). The summed E-state index contributed by atoms with van der Waals surface area (Å²) < 4.78 is 25.1. The van der Waals surface area contributed by atoms with Crippen molar-refractivity contribution in [2.24, 2.45) is 5.92 Å². The van der Waals surface area contributed by atoms with Crippen LogP contribution in [0.15, 0.2) is 5.38 Å². The number of thiazole rings is 1. The fraction of sp³-hybridized carbons (Fsp3) is 0.733. The van der Waals surface area contributed by atoms with E-state index in [-0.39, 0.29) is 5.91 Å². The van der Waals surface area contributed by atoms with Crippen LogP contribution in [0.3, 0.4) is 0 Å². The Labute approximate surface area is 148 Å². The molecule has 1 aliphatic rings. The number of rotatable bonds is 7. The lowest BCUT2D eigenvalue weighted by Crippen LogP contribution is -2.40. The molecule has 1 fully saturated rings. The third-order valence-electron chi connectivity index (χ3n) is 4.09. The zero-order valence-corrected chi connectivity index (χ0v) is 16.1. The quantitative estimate of drug-likeness (QED) is 0.777. The van der Waals surface area contributed by atoms with Gasteiger partial charge in [0.05, 0.1) is 11.9 Å². The standard InChI is InChI=1S/C15H26N4O3S2/c1-4-19(12(2)20)15-17-14(11-23-15)10-18-7-5-6-13(9-18)8-16-24(3,21)22/h11,13,16H,4-10H2,1-3H3/t13-/m1/s1. The van der Waals surface area contributed by atoms with Crippen LogP contribution in [0.1, 0.15) is 32.4 Å². The van der Waals surface area contributed by atoms with Gasteiger partial charge >= 0.3 is 0 Å². The normalized spacial score (nSPS) is 19.4. The molecule has 2 heterocycles. The van der Waals surface area contributed by atoms with E-state index in [4.69, 9.17) is 0 Å². The molecule has 1 N–H and O–H groups in total. The average Bonchev–Trinajstić information content (AvgIpc) is 2.93. The molecule has 1 saturated heterocycles. The summed E-state index contributed by atoms with van der Waals surface area (Å²) in [5.41, 5.74) is 0.964. The van der Waals surface area contributed by atoms with Gasteiger partial charge in [0.2, 0.25) is 15.9 Å². The topological polar surface area (TPSA) is 82.6 Å². The van der Waals surface area contributed by atoms with Crippen LogP contribution in [0.2, 0.25) is 0 Å². The molecule has 9 heteroatoms. The van der Waals surface area contributed by atoms with Crippen molar-refractivity contribution in [3.63, 3.8) is 0 Å². The van der Waals surface area contributed by atoms with Gasteiger partial charge in [-0.2, -0.15) is 0 Å². The Morgan fingerprint density at radius 2 is 2.29 bits per heavy atom. The van der Waals surface area contributed by atoms with Gasteiger partial charge in [-0.3, -0.25) is 14.6 Å². The number of anilines is 1. The Bertz CT molecular complexity index is 659. The molecule has 7 nitrogen and oxygen atoms in total. The first kappa shape index (κ1) is 19.3. The summed E-state index contributed by atoms with van der Waals surface area (Å²) in [4.78, 5) is 20.2. The van der Waals surface area contributed by atoms with Crippen molar-refractivity contribution in [3.8, 4) is 0 Å². The summed E-state index contributed by atoms with van der Waals surface area (Å²) in [5.74, 6) is 0.333. The number of sulfonamides is 1. The largest absolute Gasteiger partial charge is 0.297 e. The van der Waals surface area contributed by atoms with Gasteiger partial charge in [0.15, 0.2) is 5.13 Å². The van der Waals surface area contributed by atoms with E-state index in [0.717, 1.165) is 43.3 Å². The maximum Gasteiger partial charge on any atom is 0.225 e. The van der Waals surface area contributed by atoms with Crippen LogP contribution in [0.5, 0.6) is 0 Å². The van der Waals surface area contributed by atoms with E-state index < -0.39 is 10.0 Å². The molecule has 136 valence electrons. The van der Waals surface area contributed by atoms with Crippen LogP contribution in [0.4, 0.5) is 5.13 Å². The Kier molecular flexibility index (Phi) is 6.73. The Morgan fingerprint density at radius 1 is 1.54 bits per heavy atom. The second-order valence-electron chi connectivity index (χ2n) is 6.25. The van der Waals surface area contributed by atoms with Crippen LogP contribution >= 0.6 is 11.3 Å². The van der Waals surface area contributed by atoms with Crippen molar-refractivity contribution in [1.82, 2.24) is 14.6 Å². The highest BCUT2D eigenvalue weighted by atomic mass is 32.2. The summed E-state index contributed by atoms with van der Waals surface area (Å²) in [6, 6.07) is 0. The molecule has 0 aliphatic carbocycles. The molecule has 0 aromatic carbocycles. The lowest BCUT2D eigenvalue weighted by molar-refractivity contribution is -0.116. The molecular formula is C15H26N4O3S2. The first-order chi connectivity index (χ1) is 11.3. The fourth-order valence-electron chi connectivity index (χ4n) is 2.95. The third kappa shape index (κ3) is 5.80. The SMILES string of the molecule is CCN(C(C)=O)c1nc(CN2CCC[C@H](CNS(C)(=O)=O)C2)cs1. The predicted octanol–water partition coefficient (Wildman–Crippen LogP) is 1.28. The smallest absolute Gasteiger partial charge is 0.225 e. The minimum absolute atomic E-state index is 0.00304. The van der Waals surface area contributed by atoms with Crippen LogP contribution in [-0.4, -0.2) is 56.6 Å². The molecule has 0 spiro atoms. The van der Waals surface area contributed by atoms with Gasteiger partial charge in [-0.05, 0) is 32.2 Å². The number of aromatic nitrogens is 1. The maximum atomic E-state index is 11.6. The van der Waals surface area contributed by atoms with Crippen molar-refractivity contribution >= 4 is 32.4 Å². The summed E-state index contributed by atoms with van der Waals surface area (Å²) in [5, 5.41) is 2.74. The minimum atomic E-state index is -3.13. The van der Waals surface area contributed by atoms with E-state index in [0.29, 0.717) is 19.0 Å². The second kappa shape index (κ2) is 8.37. The third-order valence-corrected chi connectivity index (χ3v) is 5.69. The Hall–Kier alpha value is -1.03. The van der Waals surface area contributed by atoms with Crippen LogP contribution < -0.4 is 9.62 Å². The van der Waals surface area contributed by atoms with Gasteiger partial charge in [-0.1, -0.05) is 0 Å². The molecule has 1 aliphatic heterocycles. The van der Waals surface area contributed by atoms with Gasteiger partial charge in [-0.25, -0.2) is 18.1 Å². The van der Waals surface area contributed by atoms with Gasteiger partial charge in [0.1, 0.15) is 0 Å². The van der Waals surface area contributed by atoms with E-state index >= 15 is 0 Å². The van der Waals surface area contributed by atoms with Crippen molar-refractivity contribution < 1.29 is 13.2 Å². The molecule has 1 aromatic rings. The number of amides is 1. The van der Waals surface area contributed by atoms with Gasteiger partial charge in [0, 0.05) is 38.5 Å². The lowest BCUT2D eigenvalue weighted by Gasteiger charge is -2.32. The highest BCUT2D eigenvalue weighted by molar-refractivity contribution is 7.88. The van der Waals surface area contributed by atoms with E-state index in [1.54, 1.807) is 11.8 Å². The van der Waals surface area contributed by atoms with Crippen molar-refractivity contribution in [3.05, 3.63) is 11.1 Å². The van der Waals surface area contributed by atoms with Gasteiger partial charge in [-0.15, -0.1) is 11.3 Å². The average molecular weight is 375 g/mol. The number of nitrogens with zero attached hydrogens (tertiary/aromatic N) is 3. The highest BCUT2D eigenvalue weighted by Gasteiger charge is 2.22. The molecule has 1 atom stereocenters. The molecule has 24 heavy (non-hydrogen) atoms. The van der Waals surface area contributed by atoms with Crippen LogP contribution in [-0.2, 0) is 21.4 Å². The Morgan fingerprint density at radius 3 is 2.92 bits per heavy atom. The molecule has 1 aromatic heterocycles. The monoisotopic (exact) mass is 374 g/mol. The number of carbonyl (C=O) groups excluding carboxylic acids is 1. The maximum absolute atomic E-state index is 11.6. The molecule has 1 amide bonds. The lowest BCUT2D eigenvalue weighted by atomic mass is 9.98. The number of nitrogens with one attached hydrogen (secondary N) is 1. The molecule has 0 bridgehead atoms. The zero-order valence-electron chi connectivity index (χ0n) is 14.5. The van der Waals surface area contributed by atoms with Crippen molar-refractivity contribution in [1.29, 1.82) is 0 Å². The molecule has 0 saturated carbocycles.